The molecule has 3 atom stereocenters. The van der Waals surface area contributed by atoms with Crippen LogP contribution in [-0.2, 0) is 21.2 Å². The van der Waals surface area contributed by atoms with Gasteiger partial charge in [0.15, 0.2) is 5.37 Å². The van der Waals surface area contributed by atoms with Gasteiger partial charge in [-0.05, 0) is 62.2 Å². The first-order valence-electron chi connectivity index (χ1n) is 9.99. The first-order valence-corrected chi connectivity index (χ1v) is 11.5. The molecule has 1 aliphatic heterocycles. The van der Waals surface area contributed by atoms with Crippen molar-refractivity contribution in [3.8, 4) is 5.75 Å². The van der Waals surface area contributed by atoms with Crippen molar-refractivity contribution in [3.05, 3.63) is 54.1 Å². The Bertz CT molecular complexity index is 962. The first kappa shape index (κ1) is 22.1. The minimum absolute atomic E-state index is 0.369. The zero-order valence-corrected chi connectivity index (χ0v) is 18.1. The van der Waals surface area contributed by atoms with Gasteiger partial charge in [-0.15, -0.1) is 0 Å². The number of amides is 1. The SMILES string of the molecule is CCOc1ccc(NS(=O)(=O)C2NNC(C)C2C(=O)Nc2ccc(CC)cc2)cc1. The highest BCUT2D eigenvalue weighted by atomic mass is 32.2. The number of aryl methyl sites for hydroxylation is 1. The summed E-state index contributed by atoms with van der Waals surface area (Å²) in [7, 11) is -3.89. The molecule has 0 aliphatic carbocycles. The summed E-state index contributed by atoms with van der Waals surface area (Å²) in [5.74, 6) is -0.538. The predicted octanol–water partition coefficient (Wildman–Crippen LogP) is 2.47. The number of carbonyl (C=O) groups is 1. The van der Waals surface area contributed by atoms with Crippen molar-refractivity contribution in [1.29, 1.82) is 0 Å². The molecule has 0 aromatic heterocycles. The lowest BCUT2D eigenvalue weighted by Crippen LogP contribution is -2.45. The second-order valence-corrected chi connectivity index (χ2v) is 8.97. The van der Waals surface area contributed by atoms with E-state index in [-0.39, 0.29) is 11.9 Å². The fraction of sp³-hybridized carbons (Fsp3) is 0.381. The molecule has 1 saturated heterocycles. The summed E-state index contributed by atoms with van der Waals surface area (Å²) in [6, 6.07) is 13.8. The molecule has 3 unspecified atom stereocenters. The Hall–Kier alpha value is -2.62. The Labute approximate surface area is 177 Å². The third-order valence-electron chi connectivity index (χ3n) is 5.01. The summed E-state index contributed by atoms with van der Waals surface area (Å²) < 4.78 is 33.9. The molecule has 2 aromatic rings. The standard InChI is InChI=1S/C21H28N4O4S/c1-4-15-6-8-16(9-7-15)22-20(26)19-14(3)23-24-21(19)30(27,28)25-17-10-12-18(13-11-17)29-5-2/h6-14,19,21,23-25H,4-5H2,1-3H3,(H,22,26). The molecule has 3 rings (SSSR count). The fourth-order valence-corrected chi connectivity index (χ4v) is 4.91. The van der Waals surface area contributed by atoms with Gasteiger partial charge < -0.3 is 10.1 Å². The molecular weight excluding hydrogens is 404 g/mol. The van der Waals surface area contributed by atoms with Crippen molar-refractivity contribution in [3.63, 3.8) is 0 Å². The molecule has 1 amide bonds. The van der Waals surface area contributed by atoms with Crippen LogP contribution in [0.15, 0.2) is 48.5 Å². The van der Waals surface area contributed by atoms with Crippen LogP contribution >= 0.6 is 0 Å². The molecule has 1 heterocycles. The largest absolute Gasteiger partial charge is 0.494 e. The second-order valence-electron chi connectivity index (χ2n) is 7.17. The van der Waals surface area contributed by atoms with Crippen LogP contribution in [0.1, 0.15) is 26.3 Å². The lowest BCUT2D eigenvalue weighted by atomic mass is 10.0. The molecule has 0 saturated carbocycles. The van der Waals surface area contributed by atoms with Crippen molar-refractivity contribution in [2.24, 2.45) is 5.92 Å². The molecule has 4 N–H and O–H groups in total. The zero-order valence-electron chi connectivity index (χ0n) is 17.3. The van der Waals surface area contributed by atoms with E-state index in [4.69, 9.17) is 4.74 Å². The van der Waals surface area contributed by atoms with Crippen LogP contribution < -0.4 is 25.6 Å². The van der Waals surface area contributed by atoms with E-state index in [0.29, 0.717) is 23.7 Å². The zero-order chi connectivity index (χ0) is 21.7. The number of sulfonamides is 1. The smallest absolute Gasteiger partial charge is 0.250 e. The number of nitrogens with one attached hydrogen (secondary N) is 4. The van der Waals surface area contributed by atoms with E-state index in [2.05, 4.69) is 27.8 Å². The maximum atomic E-state index is 13.0. The number of hydrogen-bond donors (Lipinski definition) is 4. The first-order chi connectivity index (χ1) is 14.3. The van der Waals surface area contributed by atoms with Gasteiger partial charge in [-0.3, -0.25) is 14.9 Å². The highest BCUT2D eigenvalue weighted by molar-refractivity contribution is 7.93. The van der Waals surface area contributed by atoms with Gasteiger partial charge in [-0.25, -0.2) is 13.8 Å². The van der Waals surface area contributed by atoms with Gasteiger partial charge in [0.05, 0.1) is 12.5 Å². The van der Waals surface area contributed by atoms with Crippen molar-refractivity contribution in [2.75, 3.05) is 16.6 Å². The van der Waals surface area contributed by atoms with E-state index >= 15 is 0 Å². The minimum Gasteiger partial charge on any atom is -0.494 e. The normalized spacial score (nSPS) is 21.2. The second kappa shape index (κ2) is 9.46. The van der Waals surface area contributed by atoms with Crippen LogP contribution in [0.3, 0.4) is 0 Å². The van der Waals surface area contributed by atoms with Crippen molar-refractivity contribution in [1.82, 2.24) is 10.9 Å². The number of rotatable bonds is 8. The van der Waals surface area contributed by atoms with Gasteiger partial charge in [0.2, 0.25) is 5.91 Å². The number of benzene rings is 2. The van der Waals surface area contributed by atoms with E-state index in [1.807, 2.05) is 31.2 Å². The van der Waals surface area contributed by atoms with Crippen LogP contribution in [0.5, 0.6) is 5.75 Å². The number of ether oxygens (including phenoxy) is 1. The summed E-state index contributed by atoms with van der Waals surface area (Å²) in [6.07, 6.45) is 0.902. The highest BCUT2D eigenvalue weighted by Crippen LogP contribution is 2.25. The molecule has 162 valence electrons. The molecule has 8 nitrogen and oxygen atoms in total. The van der Waals surface area contributed by atoms with Gasteiger partial charge in [0.1, 0.15) is 5.75 Å². The van der Waals surface area contributed by atoms with Gasteiger partial charge >= 0.3 is 0 Å². The monoisotopic (exact) mass is 432 g/mol. The number of carbonyl (C=O) groups excluding carboxylic acids is 1. The van der Waals surface area contributed by atoms with Crippen molar-refractivity contribution in [2.45, 2.75) is 38.6 Å². The predicted molar refractivity (Wildman–Crippen MR) is 118 cm³/mol. The van der Waals surface area contributed by atoms with E-state index in [1.54, 1.807) is 31.2 Å². The van der Waals surface area contributed by atoms with Gasteiger partial charge in [0.25, 0.3) is 10.0 Å². The Morgan fingerprint density at radius 3 is 2.23 bits per heavy atom. The van der Waals surface area contributed by atoms with E-state index < -0.39 is 21.3 Å². The number of hydrogen-bond acceptors (Lipinski definition) is 6. The maximum Gasteiger partial charge on any atom is 0.250 e. The number of hydrazine groups is 1. The highest BCUT2D eigenvalue weighted by Gasteiger charge is 2.46. The molecule has 30 heavy (non-hydrogen) atoms. The average Bonchev–Trinajstić information content (AvgIpc) is 3.13. The molecule has 9 heteroatoms. The topological polar surface area (TPSA) is 109 Å². The molecule has 1 fully saturated rings. The van der Waals surface area contributed by atoms with E-state index in [1.165, 1.54) is 0 Å². The fourth-order valence-electron chi connectivity index (χ4n) is 3.35. The molecule has 0 spiro atoms. The Morgan fingerprint density at radius 1 is 1.00 bits per heavy atom. The van der Waals surface area contributed by atoms with Crippen LogP contribution in [0.4, 0.5) is 11.4 Å². The summed E-state index contributed by atoms with van der Waals surface area (Å²) >= 11 is 0. The van der Waals surface area contributed by atoms with E-state index in [0.717, 1.165) is 12.0 Å². The number of anilines is 2. The summed E-state index contributed by atoms with van der Waals surface area (Å²) in [6.45, 7) is 6.22. The molecule has 1 aliphatic rings. The summed E-state index contributed by atoms with van der Waals surface area (Å²) in [5.41, 5.74) is 7.81. The summed E-state index contributed by atoms with van der Waals surface area (Å²) in [4.78, 5) is 12.9. The van der Waals surface area contributed by atoms with Crippen molar-refractivity contribution >= 4 is 27.3 Å². The minimum atomic E-state index is -3.89. The third-order valence-corrected chi connectivity index (χ3v) is 6.61. The van der Waals surface area contributed by atoms with Crippen LogP contribution in [0, 0.1) is 5.92 Å². The quantitative estimate of drug-likeness (QED) is 0.510. The van der Waals surface area contributed by atoms with E-state index in [9.17, 15) is 13.2 Å². The van der Waals surface area contributed by atoms with Crippen LogP contribution in [-0.4, -0.2) is 32.3 Å². The van der Waals surface area contributed by atoms with Gasteiger partial charge in [-0.1, -0.05) is 19.1 Å². The lowest BCUT2D eigenvalue weighted by molar-refractivity contribution is -0.119. The molecule has 2 aromatic carbocycles. The molecular formula is C21H28N4O4S. The van der Waals surface area contributed by atoms with Gasteiger partial charge in [0, 0.05) is 17.4 Å². The van der Waals surface area contributed by atoms with Crippen molar-refractivity contribution < 1.29 is 17.9 Å². The Morgan fingerprint density at radius 2 is 1.63 bits per heavy atom. The Balaban J connectivity index is 1.73. The third kappa shape index (κ3) is 5.10. The molecule has 0 radical (unpaired) electrons. The maximum absolute atomic E-state index is 13.0. The van der Waals surface area contributed by atoms with Gasteiger partial charge in [-0.2, -0.15) is 0 Å². The molecule has 0 bridgehead atoms. The summed E-state index contributed by atoms with van der Waals surface area (Å²) in [5, 5.41) is 1.69. The average molecular weight is 433 g/mol. The lowest BCUT2D eigenvalue weighted by Gasteiger charge is -2.21. The Kier molecular flexibility index (Phi) is 6.96. The van der Waals surface area contributed by atoms with Crippen LogP contribution in [0.2, 0.25) is 0 Å². The van der Waals surface area contributed by atoms with Crippen LogP contribution in [0.25, 0.3) is 0 Å².